The topological polar surface area (TPSA) is 35.5 Å². The molecule has 0 N–H and O–H groups in total. The highest BCUT2D eigenvalue weighted by Gasteiger charge is 1.97. The van der Waals surface area contributed by atoms with E-state index < -0.39 is 6.16 Å². The number of carbonyl (C=O) groups excluding carboxylic acids is 1. The second-order valence-corrected chi connectivity index (χ2v) is 2.70. The summed E-state index contributed by atoms with van der Waals surface area (Å²) < 4.78 is 9.02. The maximum atomic E-state index is 10.5. The van der Waals surface area contributed by atoms with Gasteiger partial charge in [0.25, 0.3) is 0 Å². The van der Waals surface area contributed by atoms with Crippen LogP contribution in [0.15, 0.2) is 12.2 Å². The predicted molar refractivity (Wildman–Crippen MR) is 51.6 cm³/mol. The van der Waals surface area contributed by atoms with Crippen LogP contribution in [0.1, 0.15) is 32.6 Å². The Bertz CT molecular complexity index is 152. The summed E-state index contributed by atoms with van der Waals surface area (Å²) in [7, 11) is 1.31. The number of hydrogen-bond acceptors (Lipinski definition) is 3. The van der Waals surface area contributed by atoms with Crippen molar-refractivity contribution in [3.05, 3.63) is 12.2 Å². The Hall–Kier alpha value is -0.990. The largest absolute Gasteiger partial charge is 0.507 e. The van der Waals surface area contributed by atoms with E-state index in [4.69, 9.17) is 4.74 Å². The molecule has 0 aromatic rings. The average molecular weight is 186 g/mol. The molecule has 0 aromatic heterocycles. The van der Waals surface area contributed by atoms with Crippen LogP contribution in [-0.4, -0.2) is 19.9 Å². The molecule has 0 fully saturated rings. The first-order valence-electron chi connectivity index (χ1n) is 4.67. The second-order valence-electron chi connectivity index (χ2n) is 2.70. The number of allylic oxidation sites excluding steroid dienone is 2. The van der Waals surface area contributed by atoms with Crippen molar-refractivity contribution in [2.75, 3.05) is 13.7 Å². The summed E-state index contributed by atoms with van der Waals surface area (Å²) in [4.78, 5) is 10.5. The average Bonchev–Trinajstić information content (AvgIpc) is 2.16. The van der Waals surface area contributed by atoms with E-state index >= 15 is 0 Å². The quantitative estimate of drug-likeness (QED) is 0.363. The van der Waals surface area contributed by atoms with E-state index in [0.717, 1.165) is 19.3 Å². The van der Waals surface area contributed by atoms with Gasteiger partial charge in [0, 0.05) is 0 Å². The molecule has 0 saturated heterocycles. The Morgan fingerprint density at radius 2 is 2.00 bits per heavy atom. The summed E-state index contributed by atoms with van der Waals surface area (Å²) in [5.74, 6) is 0. The minimum absolute atomic E-state index is 0.434. The van der Waals surface area contributed by atoms with Crippen molar-refractivity contribution in [1.82, 2.24) is 0 Å². The molecular formula is C10H18O3. The highest BCUT2D eigenvalue weighted by molar-refractivity contribution is 5.59. The maximum absolute atomic E-state index is 10.5. The molecule has 0 heterocycles. The van der Waals surface area contributed by atoms with Crippen molar-refractivity contribution >= 4 is 6.16 Å². The summed E-state index contributed by atoms with van der Waals surface area (Å²) in [6, 6.07) is 0. The number of unbranched alkanes of at least 4 members (excludes halogenated alkanes) is 2. The fraction of sp³-hybridized carbons (Fsp3) is 0.700. The van der Waals surface area contributed by atoms with Gasteiger partial charge in [-0.05, 0) is 19.3 Å². The molecule has 0 aliphatic carbocycles. The summed E-state index contributed by atoms with van der Waals surface area (Å²) in [5.41, 5.74) is 0. The van der Waals surface area contributed by atoms with Crippen LogP contribution in [0, 0.1) is 0 Å². The van der Waals surface area contributed by atoms with Crippen LogP contribution < -0.4 is 0 Å². The zero-order chi connectivity index (χ0) is 9.94. The van der Waals surface area contributed by atoms with Crippen LogP contribution in [0.2, 0.25) is 0 Å². The molecule has 0 aromatic carbocycles. The molecule has 0 aliphatic rings. The third-order valence-corrected chi connectivity index (χ3v) is 1.52. The third kappa shape index (κ3) is 8.92. The smallest absolute Gasteiger partial charge is 0.438 e. The van der Waals surface area contributed by atoms with Crippen molar-refractivity contribution in [2.45, 2.75) is 32.6 Å². The van der Waals surface area contributed by atoms with E-state index in [2.05, 4.69) is 23.8 Å². The van der Waals surface area contributed by atoms with Crippen LogP contribution in [0.5, 0.6) is 0 Å². The first-order valence-corrected chi connectivity index (χ1v) is 4.67. The first kappa shape index (κ1) is 12.0. The molecule has 0 rings (SSSR count). The van der Waals surface area contributed by atoms with Crippen molar-refractivity contribution in [1.29, 1.82) is 0 Å². The van der Waals surface area contributed by atoms with Crippen LogP contribution in [-0.2, 0) is 9.47 Å². The van der Waals surface area contributed by atoms with E-state index in [9.17, 15) is 4.79 Å². The molecule has 13 heavy (non-hydrogen) atoms. The SMILES string of the molecule is CCCC=CCCCOC(=O)OC. The summed E-state index contributed by atoms with van der Waals surface area (Å²) in [6.45, 7) is 2.58. The van der Waals surface area contributed by atoms with Gasteiger partial charge in [0.15, 0.2) is 0 Å². The van der Waals surface area contributed by atoms with Gasteiger partial charge in [0.1, 0.15) is 0 Å². The van der Waals surface area contributed by atoms with Gasteiger partial charge in [-0.3, -0.25) is 0 Å². The lowest BCUT2D eigenvalue weighted by Gasteiger charge is -2.00. The van der Waals surface area contributed by atoms with Crippen molar-refractivity contribution < 1.29 is 14.3 Å². The fourth-order valence-corrected chi connectivity index (χ4v) is 0.818. The van der Waals surface area contributed by atoms with E-state index in [1.54, 1.807) is 0 Å². The van der Waals surface area contributed by atoms with Crippen LogP contribution in [0.4, 0.5) is 4.79 Å². The molecule has 0 aliphatic heterocycles. The lowest BCUT2D eigenvalue weighted by atomic mass is 10.2. The second kappa shape index (κ2) is 9.10. The third-order valence-electron chi connectivity index (χ3n) is 1.52. The Morgan fingerprint density at radius 1 is 1.31 bits per heavy atom. The molecule has 3 nitrogen and oxygen atoms in total. The maximum Gasteiger partial charge on any atom is 0.507 e. The van der Waals surface area contributed by atoms with Crippen molar-refractivity contribution in [2.24, 2.45) is 0 Å². The van der Waals surface area contributed by atoms with Gasteiger partial charge in [-0.2, -0.15) is 0 Å². The lowest BCUT2D eigenvalue weighted by molar-refractivity contribution is 0.0721. The van der Waals surface area contributed by atoms with Gasteiger partial charge >= 0.3 is 6.16 Å². The molecule has 0 radical (unpaired) electrons. The van der Waals surface area contributed by atoms with Crippen LogP contribution in [0.3, 0.4) is 0 Å². The molecular weight excluding hydrogens is 168 g/mol. The molecule has 0 unspecified atom stereocenters. The zero-order valence-electron chi connectivity index (χ0n) is 8.41. The summed E-state index contributed by atoms with van der Waals surface area (Å²) in [6.07, 6.45) is 7.78. The standard InChI is InChI=1S/C10H18O3/c1-3-4-5-6-7-8-9-13-10(11)12-2/h5-6H,3-4,7-9H2,1-2H3. The number of rotatable bonds is 6. The van der Waals surface area contributed by atoms with Gasteiger partial charge in [-0.1, -0.05) is 25.5 Å². The summed E-state index contributed by atoms with van der Waals surface area (Å²) in [5, 5.41) is 0. The van der Waals surface area contributed by atoms with Crippen molar-refractivity contribution in [3.8, 4) is 0 Å². The number of ether oxygens (including phenoxy) is 2. The van der Waals surface area contributed by atoms with E-state index in [0.29, 0.717) is 6.61 Å². The number of hydrogen-bond donors (Lipinski definition) is 0. The first-order chi connectivity index (χ1) is 6.31. The van der Waals surface area contributed by atoms with Gasteiger partial charge in [0.2, 0.25) is 0 Å². The Morgan fingerprint density at radius 3 is 2.62 bits per heavy atom. The monoisotopic (exact) mass is 186 g/mol. The Labute approximate surface area is 79.7 Å². The molecule has 0 atom stereocenters. The number of methoxy groups -OCH3 is 1. The minimum atomic E-state index is -0.600. The Balaban J connectivity index is 3.12. The van der Waals surface area contributed by atoms with Gasteiger partial charge < -0.3 is 9.47 Å². The Kier molecular flexibility index (Phi) is 8.41. The molecule has 0 bridgehead atoms. The molecule has 3 heteroatoms. The van der Waals surface area contributed by atoms with E-state index in [1.807, 2.05) is 0 Å². The van der Waals surface area contributed by atoms with E-state index in [1.165, 1.54) is 13.5 Å². The van der Waals surface area contributed by atoms with Crippen LogP contribution >= 0.6 is 0 Å². The summed E-state index contributed by atoms with van der Waals surface area (Å²) >= 11 is 0. The predicted octanol–water partition coefficient (Wildman–Crippen LogP) is 2.91. The van der Waals surface area contributed by atoms with Gasteiger partial charge in [-0.25, -0.2) is 4.79 Å². The van der Waals surface area contributed by atoms with Gasteiger partial charge in [-0.15, -0.1) is 0 Å². The van der Waals surface area contributed by atoms with Gasteiger partial charge in [0.05, 0.1) is 13.7 Å². The highest BCUT2D eigenvalue weighted by atomic mass is 16.7. The van der Waals surface area contributed by atoms with Crippen LogP contribution in [0.25, 0.3) is 0 Å². The highest BCUT2D eigenvalue weighted by Crippen LogP contribution is 1.96. The normalized spacial score (nSPS) is 10.3. The van der Waals surface area contributed by atoms with E-state index in [-0.39, 0.29) is 0 Å². The number of carbonyl (C=O) groups is 1. The molecule has 0 spiro atoms. The zero-order valence-corrected chi connectivity index (χ0v) is 8.41. The minimum Gasteiger partial charge on any atom is -0.438 e. The molecule has 0 amide bonds. The van der Waals surface area contributed by atoms with Crippen molar-refractivity contribution in [3.63, 3.8) is 0 Å². The lowest BCUT2D eigenvalue weighted by Crippen LogP contribution is -2.04. The molecule has 76 valence electrons. The molecule has 0 saturated carbocycles. The fourth-order valence-electron chi connectivity index (χ4n) is 0.818.